The maximum atomic E-state index is 11.6. The monoisotopic (exact) mass is 318 g/mol. The van der Waals surface area contributed by atoms with E-state index in [0.29, 0.717) is 17.0 Å². The van der Waals surface area contributed by atoms with Crippen molar-refractivity contribution in [1.82, 2.24) is 10.9 Å². The fraction of sp³-hybridized carbons (Fsp3) is 0.214. The predicted octanol–water partition coefficient (Wildman–Crippen LogP) is -0.134. The second-order valence-corrected chi connectivity index (χ2v) is 4.58. The third kappa shape index (κ3) is 5.23. The van der Waals surface area contributed by atoms with Gasteiger partial charge in [-0.1, -0.05) is 12.1 Å². The summed E-state index contributed by atoms with van der Waals surface area (Å²) in [6.07, 6.45) is 1.41. The molecule has 2 rings (SSSR count). The molecule has 9 nitrogen and oxygen atoms in total. The lowest BCUT2D eigenvalue weighted by Gasteiger charge is -2.06. The van der Waals surface area contributed by atoms with Gasteiger partial charge in [0, 0.05) is 5.56 Å². The molecule has 0 bridgehead atoms. The Morgan fingerprint density at radius 1 is 1.43 bits per heavy atom. The molecule has 1 aromatic rings. The van der Waals surface area contributed by atoms with Crippen LogP contribution in [0.5, 0.6) is 5.75 Å². The number of hydrogen-bond donors (Lipinski definition) is 3. The smallest absolute Gasteiger partial charge is 0.341 e. The molecule has 0 aromatic heterocycles. The first-order chi connectivity index (χ1) is 11.0. The van der Waals surface area contributed by atoms with Crippen LogP contribution in [0.1, 0.15) is 18.4 Å². The quantitative estimate of drug-likeness (QED) is 0.476. The lowest BCUT2D eigenvalue weighted by molar-refractivity contribution is -0.139. The third-order valence-electron chi connectivity index (χ3n) is 2.73. The van der Waals surface area contributed by atoms with E-state index >= 15 is 0 Å². The molecule has 0 radical (unpaired) electrons. The number of rotatable bonds is 7. The van der Waals surface area contributed by atoms with Gasteiger partial charge in [0.15, 0.2) is 6.61 Å². The first-order valence-corrected chi connectivity index (χ1v) is 6.64. The molecule has 1 aliphatic heterocycles. The number of ether oxygens (including phenoxy) is 1. The molecule has 0 spiro atoms. The van der Waals surface area contributed by atoms with Crippen LogP contribution in [-0.4, -0.2) is 41.4 Å². The highest BCUT2D eigenvalue weighted by molar-refractivity contribution is 6.11. The Balaban J connectivity index is 1.88. The molecule has 3 N–H and O–H groups in total. The molecule has 2 amide bonds. The Kier molecular flexibility index (Phi) is 5.40. The zero-order valence-electron chi connectivity index (χ0n) is 12.0. The summed E-state index contributed by atoms with van der Waals surface area (Å²) < 4.78 is 5.11. The Bertz CT molecular complexity index is 684. The molecule has 1 aromatic carbocycles. The number of nitrogens with one attached hydrogen (secondary N) is 2. The molecule has 23 heavy (non-hydrogen) atoms. The molecule has 0 aliphatic carbocycles. The summed E-state index contributed by atoms with van der Waals surface area (Å²) in [5, 5.41) is 16.1. The van der Waals surface area contributed by atoms with Gasteiger partial charge in [-0.3, -0.25) is 9.59 Å². The van der Waals surface area contributed by atoms with Crippen molar-refractivity contribution in [2.24, 2.45) is 10.2 Å². The van der Waals surface area contributed by atoms with Gasteiger partial charge >= 0.3 is 5.97 Å². The fourth-order valence-electron chi connectivity index (χ4n) is 1.76. The van der Waals surface area contributed by atoms with Gasteiger partial charge in [0.2, 0.25) is 11.8 Å². The Morgan fingerprint density at radius 2 is 2.22 bits per heavy atom. The van der Waals surface area contributed by atoms with Crippen molar-refractivity contribution in [3.8, 4) is 5.75 Å². The van der Waals surface area contributed by atoms with Crippen molar-refractivity contribution in [2.45, 2.75) is 12.8 Å². The van der Waals surface area contributed by atoms with Crippen molar-refractivity contribution in [1.29, 1.82) is 0 Å². The lowest BCUT2D eigenvalue weighted by atomic mass is 10.2. The number of carboxylic acids is 1. The van der Waals surface area contributed by atoms with Gasteiger partial charge in [0.1, 0.15) is 5.75 Å². The van der Waals surface area contributed by atoms with Crippen molar-refractivity contribution >= 4 is 29.7 Å². The highest BCUT2D eigenvalue weighted by atomic mass is 16.5. The Morgan fingerprint density at radius 3 is 2.91 bits per heavy atom. The number of carbonyl (C=O) groups excluding carboxylic acids is 2. The van der Waals surface area contributed by atoms with Crippen molar-refractivity contribution in [3.05, 3.63) is 29.8 Å². The van der Waals surface area contributed by atoms with E-state index in [4.69, 9.17) is 9.84 Å². The molecular weight excluding hydrogens is 304 g/mol. The summed E-state index contributed by atoms with van der Waals surface area (Å²) in [5.74, 6) is -1.42. The van der Waals surface area contributed by atoms with Crippen LogP contribution in [-0.2, 0) is 14.4 Å². The van der Waals surface area contributed by atoms with E-state index in [1.54, 1.807) is 24.3 Å². The molecular formula is C14H14N4O5. The third-order valence-corrected chi connectivity index (χ3v) is 2.73. The van der Waals surface area contributed by atoms with Crippen LogP contribution < -0.4 is 15.6 Å². The lowest BCUT2D eigenvalue weighted by Crippen LogP contribution is -2.20. The van der Waals surface area contributed by atoms with Gasteiger partial charge in [-0.15, -0.1) is 0 Å². The molecule has 9 heteroatoms. The van der Waals surface area contributed by atoms with Crippen LogP contribution in [0, 0.1) is 0 Å². The molecule has 120 valence electrons. The number of benzene rings is 1. The molecule has 1 aliphatic rings. The summed E-state index contributed by atoms with van der Waals surface area (Å²) in [6, 6.07) is 6.67. The molecule has 0 unspecified atom stereocenters. The van der Waals surface area contributed by atoms with Gasteiger partial charge < -0.3 is 9.84 Å². The highest BCUT2D eigenvalue weighted by Crippen LogP contribution is 2.15. The number of para-hydroxylation sites is 1. The molecule has 0 fully saturated rings. The van der Waals surface area contributed by atoms with E-state index in [0.717, 1.165) is 0 Å². The van der Waals surface area contributed by atoms with Gasteiger partial charge in [-0.05, 0) is 12.1 Å². The Hall–Kier alpha value is -3.23. The van der Waals surface area contributed by atoms with Crippen LogP contribution in [0.3, 0.4) is 0 Å². The minimum atomic E-state index is -1.09. The second kappa shape index (κ2) is 7.69. The first-order valence-electron chi connectivity index (χ1n) is 6.64. The number of aliphatic carboxylic acids is 1. The average Bonchev–Trinajstić information content (AvgIpc) is 2.91. The van der Waals surface area contributed by atoms with Crippen molar-refractivity contribution < 1.29 is 24.2 Å². The number of carbonyl (C=O) groups is 3. The van der Waals surface area contributed by atoms with Crippen LogP contribution in [0.2, 0.25) is 0 Å². The van der Waals surface area contributed by atoms with E-state index < -0.39 is 18.5 Å². The summed E-state index contributed by atoms with van der Waals surface area (Å²) in [5.41, 5.74) is 5.51. The van der Waals surface area contributed by atoms with E-state index in [-0.39, 0.29) is 18.7 Å². The SMILES string of the molecule is O=C(O)COc1ccccc1/C=N\NC(=O)CC1=NNC(=O)C1. The number of nitrogens with zero attached hydrogens (tertiary/aromatic N) is 2. The highest BCUT2D eigenvalue weighted by Gasteiger charge is 2.17. The second-order valence-electron chi connectivity index (χ2n) is 4.58. The maximum absolute atomic E-state index is 11.6. The predicted molar refractivity (Wildman–Crippen MR) is 80.1 cm³/mol. The summed E-state index contributed by atoms with van der Waals surface area (Å²) in [6.45, 7) is -0.474. The first kappa shape index (κ1) is 16.1. The van der Waals surface area contributed by atoms with Crippen LogP contribution in [0.4, 0.5) is 0 Å². The molecule has 0 saturated carbocycles. The summed E-state index contributed by atoms with van der Waals surface area (Å²) in [7, 11) is 0. The average molecular weight is 318 g/mol. The zero-order valence-corrected chi connectivity index (χ0v) is 12.0. The van der Waals surface area contributed by atoms with Crippen LogP contribution >= 0.6 is 0 Å². The fourth-order valence-corrected chi connectivity index (χ4v) is 1.76. The Labute approximate surface area is 131 Å². The van der Waals surface area contributed by atoms with E-state index in [2.05, 4.69) is 21.1 Å². The summed E-state index contributed by atoms with van der Waals surface area (Å²) >= 11 is 0. The van der Waals surface area contributed by atoms with Gasteiger partial charge in [-0.25, -0.2) is 15.6 Å². The minimum Gasteiger partial charge on any atom is -0.481 e. The van der Waals surface area contributed by atoms with Gasteiger partial charge in [0.05, 0.1) is 24.8 Å². The summed E-state index contributed by atoms with van der Waals surface area (Å²) in [4.78, 5) is 33.1. The maximum Gasteiger partial charge on any atom is 0.341 e. The number of carboxylic acid groups (broad SMARTS) is 1. The largest absolute Gasteiger partial charge is 0.481 e. The molecule has 0 saturated heterocycles. The standard InChI is InChI=1S/C14H14N4O5/c19-12(5-10-6-13(20)18-16-10)17-15-7-9-3-1-2-4-11(9)23-8-14(21)22/h1-4,7H,5-6,8H2,(H,17,19)(H,18,20)(H,21,22)/b15-7-. The van der Waals surface area contributed by atoms with Crippen LogP contribution in [0.15, 0.2) is 34.5 Å². The normalized spacial score (nSPS) is 13.6. The zero-order chi connectivity index (χ0) is 16.7. The van der Waals surface area contributed by atoms with Crippen LogP contribution in [0.25, 0.3) is 0 Å². The number of hydrogen-bond acceptors (Lipinski definition) is 6. The molecule has 1 heterocycles. The topological polar surface area (TPSA) is 129 Å². The molecule has 0 atom stereocenters. The van der Waals surface area contributed by atoms with Crippen molar-refractivity contribution in [2.75, 3.05) is 6.61 Å². The van der Waals surface area contributed by atoms with Crippen molar-refractivity contribution in [3.63, 3.8) is 0 Å². The van der Waals surface area contributed by atoms with E-state index in [9.17, 15) is 14.4 Å². The van der Waals surface area contributed by atoms with Gasteiger partial charge in [0.25, 0.3) is 0 Å². The number of hydrazone groups is 2. The van der Waals surface area contributed by atoms with Gasteiger partial charge in [-0.2, -0.15) is 10.2 Å². The van der Waals surface area contributed by atoms with E-state index in [1.165, 1.54) is 6.21 Å². The number of amides is 2. The minimum absolute atomic E-state index is 0.0345. The van der Waals surface area contributed by atoms with E-state index in [1.807, 2.05) is 0 Å².